The highest BCUT2D eigenvalue weighted by atomic mass is 19.1. The third-order valence-electron chi connectivity index (χ3n) is 2.60. The predicted molar refractivity (Wildman–Crippen MR) is 67.4 cm³/mol. The van der Waals surface area contributed by atoms with Crippen LogP contribution < -0.4 is 10.9 Å². The van der Waals surface area contributed by atoms with Gasteiger partial charge in [-0.15, -0.1) is 0 Å². The number of carbonyl (C=O) groups is 1. The van der Waals surface area contributed by atoms with Gasteiger partial charge in [0.15, 0.2) is 0 Å². The quantitative estimate of drug-likeness (QED) is 0.912. The Bertz CT molecular complexity index is 616. The van der Waals surface area contributed by atoms with Gasteiger partial charge in [-0.05, 0) is 24.1 Å². The Morgan fingerprint density at radius 2 is 2.00 bits per heavy atom. The van der Waals surface area contributed by atoms with E-state index in [0.29, 0.717) is 18.5 Å². The fraction of sp³-hybridized carbons (Fsp3) is 0.143. The predicted octanol–water partition coefficient (Wildman–Crippen LogP) is 1.75. The van der Waals surface area contributed by atoms with Crippen molar-refractivity contribution in [3.63, 3.8) is 0 Å². The van der Waals surface area contributed by atoms with E-state index < -0.39 is 5.63 Å². The molecule has 0 unspecified atom stereocenters. The summed E-state index contributed by atoms with van der Waals surface area (Å²) in [6, 6.07) is 8.96. The minimum Gasteiger partial charge on any atom is -0.430 e. The van der Waals surface area contributed by atoms with Crippen molar-refractivity contribution in [2.75, 3.05) is 6.54 Å². The van der Waals surface area contributed by atoms with E-state index in [-0.39, 0.29) is 17.3 Å². The molecule has 1 heterocycles. The lowest BCUT2D eigenvalue weighted by atomic mass is 10.1. The van der Waals surface area contributed by atoms with Crippen molar-refractivity contribution >= 4 is 5.91 Å². The van der Waals surface area contributed by atoms with E-state index in [1.165, 1.54) is 18.2 Å². The van der Waals surface area contributed by atoms with Crippen LogP contribution in [0.1, 0.15) is 15.9 Å². The van der Waals surface area contributed by atoms with Gasteiger partial charge >= 0.3 is 5.63 Å². The standard InChI is InChI=1S/C14H12FNO3/c15-12-4-2-1-3-10(12)7-8-16-14(18)11-5-6-13(17)19-9-11/h1-6,9H,7-8H2,(H,16,18). The van der Waals surface area contributed by atoms with Crippen molar-refractivity contribution in [3.8, 4) is 0 Å². The van der Waals surface area contributed by atoms with Gasteiger partial charge in [0, 0.05) is 12.6 Å². The summed E-state index contributed by atoms with van der Waals surface area (Å²) < 4.78 is 17.9. The van der Waals surface area contributed by atoms with Crippen LogP contribution in [0.5, 0.6) is 0 Å². The van der Waals surface area contributed by atoms with Crippen LogP contribution in [-0.4, -0.2) is 12.5 Å². The van der Waals surface area contributed by atoms with Crippen molar-refractivity contribution in [2.24, 2.45) is 0 Å². The fourth-order valence-corrected chi connectivity index (χ4v) is 1.60. The van der Waals surface area contributed by atoms with E-state index in [9.17, 15) is 14.0 Å². The first kappa shape index (κ1) is 13.0. The smallest absolute Gasteiger partial charge is 0.335 e. The van der Waals surface area contributed by atoms with Crippen molar-refractivity contribution < 1.29 is 13.6 Å². The van der Waals surface area contributed by atoms with Crippen LogP contribution in [0.2, 0.25) is 0 Å². The lowest BCUT2D eigenvalue weighted by Gasteiger charge is -2.05. The molecule has 0 saturated carbocycles. The number of hydrogen-bond acceptors (Lipinski definition) is 3. The zero-order valence-electron chi connectivity index (χ0n) is 10.1. The Morgan fingerprint density at radius 3 is 2.68 bits per heavy atom. The molecule has 0 bridgehead atoms. The van der Waals surface area contributed by atoms with Crippen molar-refractivity contribution in [1.29, 1.82) is 0 Å². The molecule has 2 aromatic rings. The fourth-order valence-electron chi connectivity index (χ4n) is 1.60. The van der Waals surface area contributed by atoms with Crippen LogP contribution in [-0.2, 0) is 6.42 Å². The maximum Gasteiger partial charge on any atom is 0.335 e. The maximum atomic E-state index is 13.3. The molecule has 0 atom stereocenters. The van der Waals surface area contributed by atoms with Crippen molar-refractivity contribution in [2.45, 2.75) is 6.42 Å². The Balaban J connectivity index is 1.89. The normalized spacial score (nSPS) is 10.2. The number of hydrogen-bond donors (Lipinski definition) is 1. The van der Waals surface area contributed by atoms with Crippen molar-refractivity contribution in [1.82, 2.24) is 5.32 Å². The molecule has 4 nitrogen and oxygen atoms in total. The maximum absolute atomic E-state index is 13.3. The van der Waals surface area contributed by atoms with Gasteiger partial charge in [-0.3, -0.25) is 4.79 Å². The molecular weight excluding hydrogens is 249 g/mol. The molecular formula is C14H12FNO3. The van der Waals surface area contributed by atoms with Crippen LogP contribution in [0.15, 0.2) is 51.9 Å². The number of carbonyl (C=O) groups excluding carboxylic acids is 1. The van der Waals surface area contributed by atoms with E-state index in [1.807, 2.05) is 0 Å². The van der Waals surface area contributed by atoms with E-state index in [1.54, 1.807) is 18.2 Å². The van der Waals surface area contributed by atoms with Crippen LogP contribution in [0.4, 0.5) is 4.39 Å². The second-order valence-electron chi connectivity index (χ2n) is 3.94. The first-order valence-corrected chi connectivity index (χ1v) is 5.77. The summed E-state index contributed by atoms with van der Waals surface area (Å²) >= 11 is 0. The Hall–Kier alpha value is -2.43. The monoisotopic (exact) mass is 261 g/mol. The molecule has 2 rings (SSSR count). The van der Waals surface area contributed by atoms with Crippen LogP contribution in [0, 0.1) is 5.82 Å². The SMILES string of the molecule is O=C(NCCc1ccccc1F)c1ccc(=O)oc1. The molecule has 0 spiro atoms. The van der Waals surface area contributed by atoms with Gasteiger partial charge < -0.3 is 9.73 Å². The van der Waals surface area contributed by atoms with Gasteiger partial charge in [0.25, 0.3) is 5.91 Å². The molecule has 1 aromatic heterocycles. The molecule has 0 aliphatic heterocycles. The number of halogens is 1. The summed E-state index contributed by atoms with van der Waals surface area (Å²) in [7, 11) is 0. The van der Waals surface area contributed by atoms with Gasteiger partial charge in [-0.1, -0.05) is 18.2 Å². The van der Waals surface area contributed by atoms with Gasteiger partial charge in [-0.25, -0.2) is 9.18 Å². The molecule has 19 heavy (non-hydrogen) atoms. The second-order valence-corrected chi connectivity index (χ2v) is 3.94. The van der Waals surface area contributed by atoms with Crippen LogP contribution in [0.3, 0.4) is 0 Å². The number of nitrogens with one attached hydrogen (secondary N) is 1. The summed E-state index contributed by atoms with van der Waals surface area (Å²) in [5.74, 6) is -0.650. The highest BCUT2D eigenvalue weighted by molar-refractivity contribution is 5.93. The largest absolute Gasteiger partial charge is 0.430 e. The summed E-state index contributed by atoms with van der Waals surface area (Å²) in [6.07, 6.45) is 1.50. The number of amides is 1. The van der Waals surface area contributed by atoms with Gasteiger partial charge in [0.2, 0.25) is 0 Å². The highest BCUT2D eigenvalue weighted by Crippen LogP contribution is 2.06. The minimum atomic E-state index is -0.511. The molecule has 1 amide bonds. The first-order valence-electron chi connectivity index (χ1n) is 5.77. The molecule has 0 radical (unpaired) electrons. The average molecular weight is 261 g/mol. The molecule has 98 valence electrons. The van der Waals surface area contributed by atoms with Crippen LogP contribution >= 0.6 is 0 Å². The average Bonchev–Trinajstić information content (AvgIpc) is 2.41. The molecule has 1 aromatic carbocycles. The lowest BCUT2D eigenvalue weighted by molar-refractivity contribution is 0.0951. The summed E-state index contributed by atoms with van der Waals surface area (Å²) in [5.41, 5.74) is 0.290. The molecule has 0 saturated heterocycles. The van der Waals surface area contributed by atoms with E-state index in [2.05, 4.69) is 9.73 Å². The third kappa shape index (κ3) is 3.51. The molecule has 0 aliphatic carbocycles. The number of benzene rings is 1. The highest BCUT2D eigenvalue weighted by Gasteiger charge is 2.06. The minimum absolute atomic E-state index is 0.258. The van der Waals surface area contributed by atoms with E-state index >= 15 is 0 Å². The topological polar surface area (TPSA) is 59.3 Å². The lowest BCUT2D eigenvalue weighted by Crippen LogP contribution is -2.26. The first-order chi connectivity index (χ1) is 9.16. The van der Waals surface area contributed by atoms with Gasteiger partial charge in [0.05, 0.1) is 5.56 Å². The summed E-state index contributed by atoms with van der Waals surface area (Å²) in [5, 5.41) is 2.63. The Labute approximate surface area is 108 Å². The molecule has 5 heteroatoms. The van der Waals surface area contributed by atoms with Crippen LogP contribution in [0.25, 0.3) is 0 Å². The molecule has 0 aliphatic rings. The Morgan fingerprint density at radius 1 is 1.21 bits per heavy atom. The van der Waals surface area contributed by atoms with Gasteiger partial charge in [-0.2, -0.15) is 0 Å². The summed E-state index contributed by atoms with van der Waals surface area (Å²) in [4.78, 5) is 22.4. The second kappa shape index (κ2) is 5.95. The molecule has 1 N–H and O–H groups in total. The zero-order chi connectivity index (χ0) is 13.7. The van der Waals surface area contributed by atoms with E-state index in [0.717, 1.165) is 6.26 Å². The summed E-state index contributed by atoms with van der Waals surface area (Å²) in [6.45, 7) is 0.304. The molecule has 0 fully saturated rings. The third-order valence-corrected chi connectivity index (χ3v) is 2.60. The van der Waals surface area contributed by atoms with Crippen molar-refractivity contribution in [3.05, 3.63) is 70.0 Å². The van der Waals surface area contributed by atoms with Gasteiger partial charge in [0.1, 0.15) is 12.1 Å². The van der Waals surface area contributed by atoms with E-state index in [4.69, 9.17) is 0 Å². The Kier molecular flexibility index (Phi) is 4.07. The zero-order valence-corrected chi connectivity index (χ0v) is 10.1. The number of rotatable bonds is 4.